The first-order valence-electron chi connectivity index (χ1n) is 7.32. The number of carboxylic acid groups (broad SMARTS) is 1. The number of aliphatic carboxylic acids is 1. The molecule has 0 unspecified atom stereocenters. The third kappa shape index (κ3) is 2.62. The van der Waals surface area contributed by atoms with Gasteiger partial charge in [0.2, 0.25) is 0 Å². The number of thioether (sulfide) groups is 1. The molecule has 1 aromatic rings. The molecule has 0 spiro atoms. The monoisotopic (exact) mass is 348 g/mol. The number of β-lactam (4-membered cyclic amide) rings is 1. The molecular weight excluding hydrogens is 332 g/mol. The Labute approximate surface area is 142 Å². The van der Waals surface area contributed by atoms with Crippen molar-refractivity contribution in [2.45, 2.75) is 25.3 Å². The zero-order valence-corrected chi connectivity index (χ0v) is 13.9. The predicted octanol–water partition coefficient (Wildman–Crippen LogP) is 1.47. The summed E-state index contributed by atoms with van der Waals surface area (Å²) in [4.78, 5) is 42.8. The number of amides is 2. The van der Waals surface area contributed by atoms with Gasteiger partial charge in [-0.2, -0.15) is 5.06 Å². The van der Waals surface area contributed by atoms with Gasteiger partial charge in [-0.05, 0) is 24.6 Å². The molecule has 1 saturated heterocycles. The van der Waals surface area contributed by atoms with Gasteiger partial charge in [-0.3, -0.25) is 14.5 Å². The van der Waals surface area contributed by atoms with Crippen molar-refractivity contribution in [1.29, 1.82) is 0 Å². The molecule has 24 heavy (non-hydrogen) atoms. The van der Waals surface area contributed by atoms with Crippen molar-refractivity contribution >= 4 is 29.5 Å². The van der Waals surface area contributed by atoms with Crippen LogP contribution in [0.4, 0.5) is 0 Å². The highest BCUT2D eigenvalue weighted by Crippen LogP contribution is 2.42. The van der Waals surface area contributed by atoms with Crippen LogP contribution in [-0.4, -0.2) is 50.0 Å². The minimum Gasteiger partial charge on any atom is -0.477 e. The van der Waals surface area contributed by atoms with Crippen molar-refractivity contribution in [3.63, 3.8) is 0 Å². The number of hydrogen-bond donors (Lipinski definition) is 1. The summed E-state index contributed by atoms with van der Waals surface area (Å²) < 4.78 is 0. The highest BCUT2D eigenvalue weighted by Gasteiger charge is 2.57. The number of para-hydroxylation sites is 1. The minimum absolute atomic E-state index is 0.00298. The Bertz CT molecular complexity index is 733. The lowest BCUT2D eigenvalue weighted by Crippen LogP contribution is -2.71. The fraction of sp³-hybridized carbons (Fsp3) is 0.312. The van der Waals surface area contributed by atoms with Crippen molar-refractivity contribution in [3.8, 4) is 5.75 Å². The van der Waals surface area contributed by atoms with E-state index in [-0.39, 0.29) is 5.70 Å². The highest BCUT2D eigenvalue weighted by atomic mass is 32.2. The van der Waals surface area contributed by atoms with Crippen molar-refractivity contribution in [3.05, 3.63) is 41.6 Å². The summed E-state index contributed by atoms with van der Waals surface area (Å²) in [5, 5.41) is 9.92. The summed E-state index contributed by atoms with van der Waals surface area (Å²) in [6, 6.07) is 7.84. The summed E-state index contributed by atoms with van der Waals surface area (Å²) in [6.45, 7) is 3.00. The van der Waals surface area contributed by atoms with E-state index in [4.69, 9.17) is 4.84 Å². The van der Waals surface area contributed by atoms with E-state index in [0.29, 0.717) is 17.1 Å². The fourth-order valence-corrected chi connectivity index (χ4v) is 4.08. The zero-order valence-electron chi connectivity index (χ0n) is 13.1. The van der Waals surface area contributed by atoms with Crippen molar-refractivity contribution in [1.82, 2.24) is 9.96 Å². The molecule has 0 saturated carbocycles. The lowest BCUT2D eigenvalue weighted by atomic mass is 10.0. The lowest BCUT2D eigenvalue weighted by Gasteiger charge is -2.51. The molecule has 0 aliphatic carbocycles. The first kappa shape index (κ1) is 16.4. The third-order valence-electron chi connectivity index (χ3n) is 3.84. The maximum Gasteiger partial charge on any atom is 0.352 e. The van der Waals surface area contributed by atoms with Crippen LogP contribution in [0.2, 0.25) is 0 Å². The molecule has 2 heterocycles. The largest absolute Gasteiger partial charge is 0.477 e. The number of hydrogen-bond acceptors (Lipinski definition) is 5. The standard InChI is InChI=1S/C16H16N2O5S/c1-9-8-24-15-13(14(20)17(15)12(9)16(21)22)18(10(2)19)23-11-6-4-3-5-7-11/h3-7,13,15H,8H2,1-2H3,(H,21,22)/t13-,15+/m0/s1. The third-order valence-corrected chi connectivity index (χ3v) is 5.25. The van der Waals surface area contributed by atoms with Crippen LogP contribution in [0.5, 0.6) is 5.75 Å². The van der Waals surface area contributed by atoms with Gasteiger partial charge in [-0.1, -0.05) is 18.2 Å². The van der Waals surface area contributed by atoms with E-state index in [2.05, 4.69) is 0 Å². The van der Waals surface area contributed by atoms with Gasteiger partial charge in [-0.15, -0.1) is 11.8 Å². The number of hydroxylamine groups is 2. The SMILES string of the molecule is CC(=O)N(Oc1ccccc1)[C@H]1C(=O)N2C(C(=O)O)=C(C)CS[C@H]12. The second kappa shape index (κ2) is 6.20. The van der Waals surface area contributed by atoms with Gasteiger partial charge < -0.3 is 9.94 Å². The smallest absolute Gasteiger partial charge is 0.352 e. The Morgan fingerprint density at radius 1 is 1.33 bits per heavy atom. The Morgan fingerprint density at radius 3 is 2.58 bits per heavy atom. The molecule has 3 rings (SSSR count). The minimum atomic E-state index is -1.14. The molecule has 126 valence electrons. The van der Waals surface area contributed by atoms with Gasteiger partial charge in [0.15, 0.2) is 11.8 Å². The molecule has 2 aliphatic rings. The molecule has 1 fully saturated rings. The van der Waals surface area contributed by atoms with Gasteiger partial charge >= 0.3 is 5.97 Å². The van der Waals surface area contributed by atoms with Crippen LogP contribution in [0.1, 0.15) is 13.8 Å². The predicted molar refractivity (Wildman–Crippen MR) is 86.8 cm³/mol. The van der Waals surface area contributed by atoms with Gasteiger partial charge in [-0.25, -0.2) is 4.79 Å². The zero-order chi connectivity index (χ0) is 17.4. The Balaban J connectivity index is 1.86. The number of nitrogens with zero attached hydrogens (tertiary/aromatic N) is 2. The van der Waals surface area contributed by atoms with Crippen LogP contribution in [0.25, 0.3) is 0 Å². The van der Waals surface area contributed by atoms with Crippen LogP contribution >= 0.6 is 11.8 Å². The quantitative estimate of drug-likeness (QED) is 0.655. The molecule has 0 radical (unpaired) electrons. The maximum absolute atomic E-state index is 12.5. The number of rotatable bonds is 4. The molecule has 2 aliphatic heterocycles. The second-order valence-corrected chi connectivity index (χ2v) is 6.64. The van der Waals surface area contributed by atoms with Crippen molar-refractivity contribution in [2.24, 2.45) is 0 Å². The molecule has 7 nitrogen and oxygen atoms in total. The summed E-state index contributed by atoms with van der Waals surface area (Å²) in [5.41, 5.74) is 0.636. The first-order chi connectivity index (χ1) is 11.4. The Morgan fingerprint density at radius 2 is 2.00 bits per heavy atom. The molecule has 2 amide bonds. The van der Waals surface area contributed by atoms with E-state index in [0.717, 1.165) is 5.06 Å². The van der Waals surface area contributed by atoms with Crippen LogP contribution in [0.15, 0.2) is 41.6 Å². The molecule has 1 N–H and O–H groups in total. The lowest BCUT2D eigenvalue weighted by molar-refractivity contribution is -0.187. The number of benzene rings is 1. The fourth-order valence-electron chi connectivity index (χ4n) is 2.75. The van der Waals surface area contributed by atoms with E-state index < -0.39 is 29.2 Å². The Kier molecular flexibility index (Phi) is 4.23. The van der Waals surface area contributed by atoms with Crippen molar-refractivity contribution in [2.75, 3.05) is 5.75 Å². The summed E-state index contributed by atoms with van der Waals surface area (Å²) in [5.74, 6) is -1.08. The second-order valence-electron chi connectivity index (χ2n) is 5.54. The topological polar surface area (TPSA) is 87.2 Å². The summed E-state index contributed by atoms with van der Waals surface area (Å²) >= 11 is 1.42. The average Bonchev–Trinajstić information content (AvgIpc) is 2.55. The maximum atomic E-state index is 12.5. The highest BCUT2D eigenvalue weighted by molar-refractivity contribution is 8.00. The van der Waals surface area contributed by atoms with Crippen LogP contribution in [0, 0.1) is 0 Å². The summed E-state index contributed by atoms with van der Waals surface area (Å²) in [7, 11) is 0. The van der Waals surface area contributed by atoms with E-state index in [1.807, 2.05) is 6.07 Å². The molecule has 0 aromatic heterocycles. The molecule has 1 aromatic carbocycles. The van der Waals surface area contributed by atoms with E-state index in [1.165, 1.54) is 23.6 Å². The molecule has 2 atom stereocenters. The van der Waals surface area contributed by atoms with Crippen molar-refractivity contribution < 1.29 is 24.3 Å². The number of carboxylic acids is 1. The van der Waals surface area contributed by atoms with E-state index in [9.17, 15) is 19.5 Å². The number of fused-ring (bicyclic) bond motifs is 1. The van der Waals surface area contributed by atoms with Crippen LogP contribution in [-0.2, 0) is 14.4 Å². The van der Waals surface area contributed by atoms with Gasteiger partial charge in [0, 0.05) is 12.7 Å². The van der Waals surface area contributed by atoms with E-state index in [1.54, 1.807) is 31.2 Å². The van der Waals surface area contributed by atoms with Gasteiger partial charge in [0.25, 0.3) is 11.8 Å². The van der Waals surface area contributed by atoms with Crippen LogP contribution < -0.4 is 4.84 Å². The first-order valence-corrected chi connectivity index (χ1v) is 8.37. The normalized spacial score (nSPS) is 22.6. The number of carbonyl (C=O) groups is 3. The number of carbonyl (C=O) groups excluding carboxylic acids is 2. The molecule has 0 bridgehead atoms. The molecular formula is C16H16N2O5S. The average molecular weight is 348 g/mol. The van der Waals surface area contributed by atoms with Crippen LogP contribution in [0.3, 0.4) is 0 Å². The molecule has 8 heteroatoms. The summed E-state index contributed by atoms with van der Waals surface area (Å²) in [6.07, 6.45) is 0. The van der Waals surface area contributed by atoms with Gasteiger partial charge in [0.1, 0.15) is 11.1 Å². The van der Waals surface area contributed by atoms with E-state index >= 15 is 0 Å². The Hall–Kier alpha value is -2.48. The van der Waals surface area contributed by atoms with Gasteiger partial charge in [0.05, 0.1) is 0 Å².